The molecule has 0 heteroatoms. The molecule has 0 N–H and O–H groups in total. The molecule has 0 atom stereocenters. The summed E-state index contributed by atoms with van der Waals surface area (Å²) >= 11 is 0. The third-order valence-corrected chi connectivity index (χ3v) is 17.5. The molecule has 80 heavy (non-hydrogen) atoms. The standard InChI is InChI=1S/C80H48/c1-7-23-49(24-8-1)55-35-19-21-37-61(55)67-47-69-73-59(53-31-15-5-16-32-53)41-39-57(51-27-11-3-12-28-51)71(73)63-44-46-66-76-68(62-38-22-20-36-56(62)50-25-9-2-10-26-50)48-70-74-60(54-33-17-6-18-34-54)42-40-58(52-29-13-4-14-30-52)72(74)64-43-45-65(80(76)78(64)70)75(67)79(66)77(63)69/h1-48H. The van der Waals surface area contributed by atoms with Gasteiger partial charge in [-0.05, 0) is 189 Å². The first-order chi connectivity index (χ1) is 39.8. The Morgan fingerprint density at radius 2 is 0.362 bits per heavy atom. The Hall–Kier alpha value is -10.4. The largest absolute Gasteiger partial charge is 0.0622 e. The molecule has 0 bridgehead atoms. The van der Waals surface area contributed by atoms with E-state index in [0.717, 1.165) is 0 Å². The normalized spacial score (nSPS) is 12.0. The summed E-state index contributed by atoms with van der Waals surface area (Å²) < 4.78 is 0. The van der Waals surface area contributed by atoms with Crippen LogP contribution in [-0.4, -0.2) is 0 Å². The van der Waals surface area contributed by atoms with Gasteiger partial charge in [-0.1, -0.05) is 279 Å². The Kier molecular flexibility index (Phi) is 9.81. The van der Waals surface area contributed by atoms with E-state index < -0.39 is 0 Å². The molecule has 0 nitrogen and oxygen atoms in total. The van der Waals surface area contributed by atoms with Gasteiger partial charge in [-0.2, -0.15) is 0 Å². The maximum absolute atomic E-state index is 2.59. The summed E-state index contributed by atoms with van der Waals surface area (Å²) in [5.41, 5.74) is 29.9. The molecule has 0 radical (unpaired) electrons. The average Bonchev–Trinajstić information content (AvgIpc) is 4.24. The second kappa shape index (κ2) is 17.6. The van der Waals surface area contributed by atoms with E-state index in [9.17, 15) is 0 Å². The van der Waals surface area contributed by atoms with Gasteiger partial charge in [-0.25, -0.2) is 0 Å². The van der Waals surface area contributed by atoms with Crippen LogP contribution in [0.2, 0.25) is 0 Å². The maximum atomic E-state index is 2.59. The van der Waals surface area contributed by atoms with Crippen molar-refractivity contribution in [2.75, 3.05) is 0 Å². The maximum Gasteiger partial charge on any atom is -0.000739 e. The van der Waals surface area contributed by atoms with Crippen molar-refractivity contribution in [3.63, 3.8) is 0 Å². The molecule has 15 aromatic rings. The molecule has 0 saturated carbocycles. The monoisotopic (exact) mass is 1010 g/mol. The summed E-state index contributed by atoms with van der Waals surface area (Å²) in [4.78, 5) is 0. The molecule has 17 rings (SSSR count). The Morgan fingerprint density at radius 1 is 0.125 bits per heavy atom. The lowest BCUT2D eigenvalue weighted by atomic mass is 9.79. The van der Waals surface area contributed by atoms with Crippen LogP contribution in [0.1, 0.15) is 0 Å². The molecule has 0 heterocycles. The van der Waals surface area contributed by atoms with Crippen LogP contribution < -0.4 is 0 Å². The Labute approximate surface area is 465 Å². The molecule has 15 aromatic carbocycles. The first-order valence-corrected chi connectivity index (χ1v) is 27.9. The number of hydrogen-bond donors (Lipinski definition) is 0. The van der Waals surface area contributed by atoms with E-state index in [4.69, 9.17) is 0 Å². The zero-order valence-electron chi connectivity index (χ0n) is 43.7. The summed E-state index contributed by atoms with van der Waals surface area (Å²) in [5, 5.41) is 10.4. The smallest absolute Gasteiger partial charge is 0.000739 e. The van der Waals surface area contributed by atoms with Crippen molar-refractivity contribution in [1.82, 2.24) is 0 Å². The molecule has 0 unspecified atom stereocenters. The van der Waals surface area contributed by atoms with Gasteiger partial charge < -0.3 is 0 Å². The van der Waals surface area contributed by atoms with Crippen LogP contribution in [0.4, 0.5) is 0 Å². The van der Waals surface area contributed by atoms with Gasteiger partial charge in [0.15, 0.2) is 0 Å². The topological polar surface area (TPSA) is 0 Å². The SMILES string of the molecule is c1ccc(-c2ccccc2-c2cc3c4c(ccc5c6c(-c7ccccc7-c7ccccc7)cc7c8c(ccc(c2c45)c86)-c2c(-c4ccccc4)ccc(-c4ccccc4)c2-7)-c2c(-c4ccccc4)ccc(-c4ccccc4)c2-3)cc1. The molecule has 0 saturated heterocycles. The van der Waals surface area contributed by atoms with Gasteiger partial charge in [-0.15, -0.1) is 0 Å². The van der Waals surface area contributed by atoms with Crippen LogP contribution >= 0.6 is 0 Å². The molecule has 0 fully saturated rings. The Morgan fingerprint density at radius 3 is 0.662 bits per heavy atom. The first-order valence-electron chi connectivity index (χ1n) is 27.9. The highest BCUT2D eigenvalue weighted by atomic mass is 14.4. The molecule has 368 valence electrons. The molecular formula is C80H48. The summed E-state index contributed by atoms with van der Waals surface area (Å²) in [6, 6.07) is 109. The van der Waals surface area contributed by atoms with Crippen LogP contribution in [0, 0.1) is 0 Å². The third kappa shape index (κ3) is 6.45. The van der Waals surface area contributed by atoms with Gasteiger partial charge in [0.05, 0.1) is 0 Å². The fourth-order valence-corrected chi connectivity index (χ4v) is 14.3. The molecule has 0 amide bonds. The van der Waals surface area contributed by atoms with Crippen LogP contribution in [0.3, 0.4) is 0 Å². The summed E-state index contributed by atoms with van der Waals surface area (Å²) in [7, 11) is 0. The fourth-order valence-electron chi connectivity index (χ4n) is 14.3. The predicted octanol–water partition coefficient (Wildman–Crippen LogP) is 22.4. The van der Waals surface area contributed by atoms with Crippen molar-refractivity contribution in [3.05, 3.63) is 291 Å². The van der Waals surface area contributed by atoms with E-state index in [1.807, 2.05) is 0 Å². The van der Waals surface area contributed by atoms with E-state index in [2.05, 4.69) is 291 Å². The second-order valence-corrected chi connectivity index (χ2v) is 21.6. The Balaban J connectivity index is 1.11. The number of rotatable bonds is 8. The molecule has 0 aliphatic heterocycles. The third-order valence-electron chi connectivity index (χ3n) is 17.5. The highest BCUT2D eigenvalue weighted by molar-refractivity contribution is 6.45. The van der Waals surface area contributed by atoms with Crippen molar-refractivity contribution in [2.45, 2.75) is 0 Å². The van der Waals surface area contributed by atoms with Gasteiger partial charge in [-0.3, -0.25) is 0 Å². The average molecular weight is 1010 g/mol. The zero-order chi connectivity index (χ0) is 52.4. The minimum atomic E-state index is 1.20. The van der Waals surface area contributed by atoms with Crippen molar-refractivity contribution >= 4 is 43.1 Å². The molecule has 2 aliphatic rings. The van der Waals surface area contributed by atoms with E-state index in [-0.39, 0.29) is 0 Å². The van der Waals surface area contributed by atoms with Gasteiger partial charge in [0.25, 0.3) is 0 Å². The highest BCUT2D eigenvalue weighted by Crippen LogP contribution is 2.63. The second-order valence-electron chi connectivity index (χ2n) is 21.6. The van der Waals surface area contributed by atoms with Gasteiger partial charge in [0.1, 0.15) is 0 Å². The van der Waals surface area contributed by atoms with Crippen LogP contribution in [0.25, 0.3) is 177 Å². The summed E-state index contributed by atoms with van der Waals surface area (Å²) in [6.45, 7) is 0. The number of fused-ring (bicyclic) bond motifs is 8. The minimum Gasteiger partial charge on any atom is -0.0622 e. The first kappa shape index (κ1) is 44.7. The molecular weight excluding hydrogens is 961 g/mol. The van der Waals surface area contributed by atoms with Crippen molar-refractivity contribution in [1.29, 1.82) is 0 Å². The Bertz CT molecular complexity index is 4660. The van der Waals surface area contributed by atoms with E-state index in [0.29, 0.717) is 0 Å². The van der Waals surface area contributed by atoms with Gasteiger partial charge >= 0.3 is 0 Å². The van der Waals surface area contributed by atoms with Crippen LogP contribution in [-0.2, 0) is 0 Å². The van der Waals surface area contributed by atoms with Gasteiger partial charge in [0, 0.05) is 0 Å². The number of hydrogen-bond acceptors (Lipinski definition) is 0. The summed E-state index contributed by atoms with van der Waals surface area (Å²) in [6.07, 6.45) is 0. The van der Waals surface area contributed by atoms with E-state index in [1.54, 1.807) is 0 Å². The van der Waals surface area contributed by atoms with Crippen LogP contribution in [0.15, 0.2) is 291 Å². The van der Waals surface area contributed by atoms with Crippen LogP contribution in [0.5, 0.6) is 0 Å². The van der Waals surface area contributed by atoms with Crippen molar-refractivity contribution in [2.24, 2.45) is 0 Å². The van der Waals surface area contributed by atoms with Crippen molar-refractivity contribution < 1.29 is 0 Å². The quantitative estimate of drug-likeness (QED) is 0.105. The lowest BCUT2D eigenvalue weighted by Gasteiger charge is -2.23. The summed E-state index contributed by atoms with van der Waals surface area (Å²) in [5.74, 6) is 0. The predicted molar refractivity (Wildman–Crippen MR) is 340 cm³/mol. The molecule has 0 spiro atoms. The highest BCUT2D eigenvalue weighted by Gasteiger charge is 2.36. The van der Waals surface area contributed by atoms with Crippen molar-refractivity contribution in [3.8, 4) is 134 Å². The molecule has 0 aromatic heterocycles. The minimum absolute atomic E-state index is 1.20. The lowest BCUT2D eigenvalue weighted by Crippen LogP contribution is -1.96. The lowest BCUT2D eigenvalue weighted by molar-refractivity contribution is 1.58. The molecule has 2 aliphatic carbocycles. The fraction of sp³-hybridized carbons (Fsp3) is 0. The zero-order valence-corrected chi connectivity index (χ0v) is 43.7. The van der Waals surface area contributed by atoms with Gasteiger partial charge in [0.2, 0.25) is 0 Å². The van der Waals surface area contributed by atoms with E-state index >= 15 is 0 Å². The number of benzene rings is 15. The van der Waals surface area contributed by atoms with E-state index in [1.165, 1.54) is 177 Å².